The molecule has 0 saturated heterocycles. The topological polar surface area (TPSA) is 132 Å². The molecule has 12 heteroatoms. The van der Waals surface area contributed by atoms with Crippen LogP contribution < -0.4 is 43.8 Å². The third-order valence-electron chi connectivity index (χ3n) is 8.99. The molecule has 0 bridgehead atoms. The third-order valence-corrected chi connectivity index (χ3v) is 8.99. The highest BCUT2D eigenvalue weighted by atomic mass is 16.5. The Morgan fingerprint density at radius 3 is 1.96 bits per heavy atom. The molecule has 1 atom stereocenters. The van der Waals surface area contributed by atoms with Crippen LogP contribution in [0.25, 0.3) is 22.6 Å². The summed E-state index contributed by atoms with van der Waals surface area (Å²) in [5.41, 5.74) is 5.52. The van der Waals surface area contributed by atoms with Crippen molar-refractivity contribution < 1.29 is 42.5 Å². The summed E-state index contributed by atoms with van der Waals surface area (Å²) >= 11 is 0. The molecule has 1 aliphatic heterocycles. The molecular formula is C41H45N3O9. The van der Waals surface area contributed by atoms with Gasteiger partial charge in [-0.2, -0.15) is 0 Å². The van der Waals surface area contributed by atoms with Crippen LogP contribution in [0.4, 0.5) is 5.69 Å². The number of amides is 1. The van der Waals surface area contributed by atoms with Crippen molar-refractivity contribution in [3.8, 4) is 62.8 Å². The average Bonchev–Trinajstić information content (AvgIpc) is 3.69. The lowest BCUT2D eigenvalue weighted by molar-refractivity contribution is 0.0935. The number of ether oxygens (including phenoxy) is 7. The van der Waals surface area contributed by atoms with Crippen LogP contribution in [0.5, 0.6) is 40.2 Å². The summed E-state index contributed by atoms with van der Waals surface area (Å²) in [6.45, 7) is 3.04. The van der Waals surface area contributed by atoms with E-state index in [0.717, 1.165) is 53.6 Å². The average molecular weight is 724 g/mol. The zero-order chi connectivity index (χ0) is 37.3. The summed E-state index contributed by atoms with van der Waals surface area (Å²) in [5, 5.41) is 10.7. The second-order valence-corrected chi connectivity index (χ2v) is 12.5. The second-order valence-electron chi connectivity index (χ2n) is 12.5. The molecule has 1 aliphatic rings. The Hall–Kier alpha value is -6.04. The van der Waals surface area contributed by atoms with E-state index in [1.54, 1.807) is 35.5 Å². The van der Waals surface area contributed by atoms with Crippen LogP contribution in [-0.2, 0) is 0 Å². The van der Waals surface area contributed by atoms with Gasteiger partial charge in [0.05, 0.1) is 54.3 Å². The van der Waals surface area contributed by atoms with Crippen molar-refractivity contribution in [1.29, 1.82) is 0 Å². The van der Waals surface area contributed by atoms with Gasteiger partial charge in [-0.25, -0.2) is 0 Å². The van der Waals surface area contributed by atoms with Gasteiger partial charge in [0.15, 0.2) is 40.3 Å². The Morgan fingerprint density at radius 2 is 1.28 bits per heavy atom. The van der Waals surface area contributed by atoms with Gasteiger partial charge in [-0.3, -0.25) is 4.79 Å². The lowest BCUT2D eigenvalue weighted by Gasteiger charge is -2.28. The fraction of sp³-hybridized carbons (Fsp3) is 0.317. The van der Waals surface area contributed by atoms with Crippen LogP contribution in [0.2, 0.25) is 0 Å². The van der Waals surface area contributed by atoms with Crippen LogP contribution in [0, 0.1) is 6.92 Å². The molecule has 0 spiro atoms. The molecule has 2 N–H and O–H groups in total. The quantitative estimate of drug-likeness (QED) is 0.0900. The molecule has 0 saturated carbocycles. The standard InChI is InChI=1S/C41H45N3O9/c1-25-11-14-30-29(19-25)41(45)43-40(42-30)27-13-16-33(35(21-27)47-3)51-17-9-7-8-10-18-52-36-20-26(12-15-32(36)46-2)34-24-31(44-53-34)28-22-37(48-4)39(50-6)38(23-28)49-5/h11-16,19-24,40,42H,7-10,17-18H2,1-6H3,(H,43,45). The van der Waals surface area contributed by atoms with E-state index in [-0.39, 0.29) is 12.1 Å². The van der Waals surface area contributed by atoms with Crippen LogP contribution in [0.15, 0.2) is 77.3 Å². The van der Waals surface area contributed by atoms with E-state index in [1.807, 2.05) is 79.7 Å². The number of benzene rings is 4. The number of methoxy groups -OCH3 is 5. The first-order valence-corrected chi connectivity index (χ1v) is 17.4. The maximum absolute atomic E-state index is 12.7. The highest BCUT2D eigenvalue weighted by molar-refractivity contribution is 6.02. The van der Waals surface area contributed by atoms with Gasteiger partial charge in [-0.1, -0.05) is 22.9 Å². The van der Waals surface area contributed by atoms with Crippen LogP contribution in [-0.4, -0.2) is 59.8 Å². The first kappa shape index (κ1) is 36.7. The molecule has 6 rings (SSSR count). The molecule has 53 heavy (non-hydrogen) atoms. The van der Waals surface area contributed by atoms with Crippen LogP contribution in [0.1, 0.15) is 53.3 Å². The molecule has 4 aromatic carbocycles. The Bertz CT molecular complexity index is 2020. The number of fused-ring (bicyclic) bond motifs is 1. The van der Waals surface area contributed by atoms with E-state index in [0.29, 0.717) is 70.5 Å². The van der Waals surface area contributed by atoms with Gasteiger partial charge in [0, 0.05) is 22.9 Å². The molecule has 1 aromatic heterocycles. The van der Waals surface area contributed by atoms with Crippen molar-refractivity contribution in [3.63, 3.8) is 0 Å². The van der Waals surface area contributed by atoms with Crippen molar-refractivity contribution in [1.82, 2.24) is 10.5 Å². The molecule has 0 aliphatic carbocycles. The number of nitrogens with zero attached hydrogens (tertiary/aromatic N) is 1. The Labute approximate surface area is 309 Å². The van der Waals surface area contributed by atoms with E-state index in [1.165, 1.54) is 0 Å². The molecule has 1 unspecified atom stereocenters. The SMILES string of the molecule is COc1cc(C2NC(=O)c3cc(C)ccc3N2)ccc1OCCCCCCOc1cc(-c2cc(-c3cc(OC)c(OC)c(OC)c3)no2)ccc1OC. The minimum Gasteiger partial charge on any atom is -0.493 e. The zero-order valence-electron chi connectivity index (χ0n) is 30.9. The summed E-state index contributed by atoms with van der Waals surface area (Å²) in [4.78, 5) is 12.7. The largest absolute Gasteiger partial charge is 0.493 e. The monoisotopic (exact) mass is 723 g/mol. The van der Waals surface area contributed by atoms with Gasteiger partial charge in [0.25, 0.3) is 5.91 Å². The molecule has 2 heterocycles. The number of carbonyl (C=O) groups is 1. The summed E-state index contributed by atoms with van der Waals surface area (Å²) in [5.74, 6) is 4.54. The predicted octanol–water partition coefficient (Wildman–Crippen LogP) is 8.23. The molecule has 0 radical (unpaired) electrons. The molecular weight excluding hydrogens is 678 g/mol. The number of anilines is 1. The Balaban J connectivity index is 0.975. The number of hydrogen-bond acceptors (Lipinski definition) is 11. The van der Waals surface area contributed by atoms with E-state index >= 15 is 0 Å². The fourth-order valence-corrected chi connectivity index (χ4v) is 6.16. The van der Waals surface area contributed by atoms with Gasteiger partial charge in [0.2, 0.25) is 5.75 Å². The van der Waals surface area contributed by atoms with E-state index < -0.39 is 0 Å². The fourth-order valence-electron chi connectivity index (χ4n) is 6.16. The first-order chi connectivity index (χ1) is 25.8. The molecule has 5 aromatic rings. The van der Waals surface area contributed by atoms with Crippen LogP contribution >= 0.6 is 0 Å². The maximum Gasteiger partial charge on any atom is 0.255 e. The van der Waals surface area contributed by atoms with Gasteiger partial charge >= 0.3 is 0 Å². The van der Waals surface area contributed by atoms with E-state index in [2.05, 4.69) is 15.8 Å². The zero-order valence-corrected chi connectivity index (χ0v) is 30.9. The second kappa shape index (κ2) is 17.0. The van der Waals surface area contributed by atoms with Crippen molar-refractivity contribution >= 4 is 11.6 Å². The maximum atomic E-state index is 12.7. The number of aromatic nitrogens is 1. The normalized spacial score (nSPS) is 13.3. The van der Waals surface area contributed by atoms with E-state index in [4.69, 9.17) is 37.7 Å². The number of hydrogen-bond donors (Lipinski definition) is 2. The van der Waals surface area contributed by atoms with Crippen molar-refractivity contribution in [2.45, 2.75) is 38.8 Å². The highest BCUT2D eigenvalue weighted by Gasteiger charge is 2.25. The number of unbranched alkanes of at least 4 members (excludes halogenated alkanes) is 3. The van der Waals surface area contributed by atoms with Gasteiger partial charge in [-0.05, 0) is 92.8 Å². The van der Waals surface area contributed by atoms with E-state index in [9.17, 15) is 4.79 Å². The van der Waals surface area contributed by atoms with Crippen molar-refractivity contribution in [2.24, 2.45) is 0 Å². The Morgan fingerprint density at radius 1 is 0.623 bits per heavy atom. The van der Waals surface area contributed by atoms with Crippen LogP contribution in [0.3, 0.4) is 0 Å². The van der Waals surface area contributed by atoms with Gasteiger partial charge in [-0.15, -0.1) is 0 Å². The minimum atomic E-state index is -0.374. The third kappa shape index (κ3) is 8.38. The molecule has 0 fully saturated rings. The van der Waals surface area contributed by atoms with Crippen molar-refractivity contribution in [2.75, 3.05) is 54.1 Å². The Kier molecular flexibility index (Phi) is 11.8. The summed E-state index contributed by atoms with van der Waals surface area (Å²) in [6.07, 6.45) is 3.30. The smallest absolute Gasteiger partial charge is 0.255 e. The first-order valence-electron chi connectivity index (χ1n) is 17.4. The highest BCUT2D eigenvalue weighted by Crippen LogP contribution is 2.42. The molecule has 1 amide bonds. The lowest BCUT2D eigenvalue weighted by Crippen LogP contribution is -2.38. The van der Waals surface area contributed by atoms with Crippen molar-refractivity contribution in [3.05, 3.63) is 89.5 Å². The summed E-state index contributed by atoms with van der Waals surface area (Å²) < 4.78 is 45.6. The molecule has 278 valence electrons. The number of aryl methyl sites for hydroxylation is 1. The number of carbonyl (C=O) groups excluding carboxylic acids is 1. The predicted molar refractivity (Wildman–Crippen MR) is 201 cm³/mol. The number of rotatable bonds is 17. The van der Waals surface area contributed by atoms with Gasteiger partial charge < -0.3 is 48.3 Å². The summed E-state index contributed by atoms with van der Waals surface area (Å²) in [6, 6.07) is 22.7. The number of nitrogens with one attached hydrogen (secondary N) is 2. The summed E-state index contributed by atoms with van der Waals surface area (Å²) in [7, 11) is 7.93. The minimum absolute atomic E-state index is 0.111. The van der Waals surface area contributed by atoms with Gasteiger partial charge in [0.1, 0.15) is 11.9 Å². The lowest BCUT2D eigenvalue weighted by atomic mass is 10.0. The molecule has 12 nitrogen and oxygen atoms in total.